The zero-order valence-electron chi connectivity index (χ0n) is 6.53. The number of nitrogens with one attached hydrogen (secondary N) is 1. The molecule has 0 aliphatic heterocycles. The Morgan fingerprint density at radius 1 is 1.83 bits per heavy atom. The van der Waals surface area contributed by atoms with Crippen LogP contribution in [0.25, 0.3) is 0 Å². The van der Waals surface area contributed by atoms with Gasteiger partial charge in [-0.15, -0.1) is 0 Å². The largest absolute Gasteiger partial charge is 0.354 e. The molecule has 0 aliphatic rings. The second-order valence-electron chi connectivity index (χ2n) is 2.24. The lowest BCUT2D eigenvalue weighted by Gasteiger charge is -1.95. The van der Waals surface area contributed by atoms with E-state index in [1.807, 2.05) is 0 Å². The van der Waals surface area contributed by atoms with Crippen molar-refractivity contribution >= 4 is 28.5 Å². The van der Waals surface area contributed by atoms with Crippen molar-refractivity contribution in [3.05, 3.63) is 11.1 Å². The van der Waals surface area contributed by atoms with E-state index in [9.17, 15) is 9.59 Å². The van der Waals surface area contributed by atoms with E-state index in [0.29, 0.717) is 10.0 Å². The third-order valence-corrected chi connectivity index (χ3v) is 2.01. The molecule has 0 radical (unpaired) electrons. The van der Waals surface area contributed by atoms with Gasteiger partial charge in [-0.2, -0.15) is 0 Å². The lowest BCUT2D eigenvalue weighted by Crippen LogP contribution is -2.09. The Hall–Kier alpha value is -1.23. The number of hydrogen-bond acceptors (Lipinski definition) is 5. The third-order valence-electron chi connectivity index (χ3n) is 1.13. The van der Waals surface area contributed by atoms with Crippen LogP contribution in [0.2, 0.25) is 0 Å². The van der Waals surface area contributed by atoms with Gasteiger partial charge in [-0.3, -0.25) is 9.59 Å². The summed E-state index contributed by atoms with van der Waals surface area (Å²) in [5.74, 6) is 0.0397. The number of aromatic nitrogens is 1. The quantitative estimate of drug-likeness (QED) is 0.708. The van der Waals surface area contributed by atoms with Crippen molar-refractivity contribution in [1.82, 2.24) is 4.98 Å². The number of rotatable bonds is 4. The van der Waals surface area contributed by atoms with Crippen molar-refractivity contribution in [2.75, 3.05) is 11.9 Å². The van der Waals surface area contributed by atoms with Crippen molar-refractivity contribution in [2.45, 2.75) is 6.92 Å². The standard InChI is InChI=1S/C7H8N2O2S/c1-5(11)2-8-7-9-3-6(4-10)12-7/h3-4H,2H2,1H3,(H,8,9). The molecular formula is C7H8N2O2S. The number of Topliss-reactive ketones (excluding diaryl/α,β-unsaturated/α-hetero) is 1. The highest BCUT2D eigenvalue weighted by Gasteiger charge is 2.00. The number of thiazole rings is 1. The van der Waals surface area contributed by atoms with Crippen LogP contribution in [0.5, 0.6) is 0 Å². The van der Waals surface area contributed by atoms with Gasteiger partial charge in [-0.25, -0.2) is 4.98 Å². The minimum atomic E-state index is 0.0397. The summed E-state index contributed by atoms with van der Waals surface area (Å²) >= 11 is 1.23. The molecular weight excluding hydrogens is 176 g/mol. The van der Waals surface area contributed by atoms with Crippen LogP contribution in [-0.2, 0) is 4.79 Å². The molecule has 1 rings (SSSR count). The molecule has 0 fully saturated rings. The van der Waals surface area contributed by atoms with Gasteiger partial charge >= 0.3 is 0 Å². The molecule has 0 saturated heterocycles. The number of hydrogen-bond donors (Lipinski definition) is 1. The van der Waals surface area contributed by atoms with Crippen LogP contribution in [-0.4, -0.2) is 23.6 Å². The van der Waals surface area contributed by atoms with Crippen molar-refractivity contribution in [1.29, 1.82) is 0 Å². The zero-order chi connectivity index (χ0) is 8.97. The highest BCUT2D eigenvalue weighted by Crippen LogP contribution is 2.15. The van der Waals surface area contributed by atoms with Crippen LogP contribution in [0.3, 0.4) is 0 Å². The number of carbonyl (C=O) groups is 2. The van der Waals surface area contributed by atoms with Gasteiger partial charge < -0.3 is 5.32 Å². The summed E-state index contributed by atoms with van der Waals surface area (Å²) in [7, 11) is 0. The minimum Gasteiger partial charge on any atom is -0.354 e. The number of aldehydes is 1. The SMILES string of the molecule is CC(=O)CNc1ncc(C=O)s1. The van der Waals surface area contributed by atoms with Crippen LogP contribution < -0.4 is 5.32 Å². The maximum atomic E-state index is 10.5. The van der Waals surface area contributed by atoms with Crippen LogP contribution >= 0.6 is 11.3 Å². The Bertz CT molecular complexity index is 295. The average Bonchev–Trinajstić information content (AvgIpc) is 2.48. The van der Waals surface area contributed by atoms with Crippen molar-refractivity contribution < 1.29 is 9.59 Å². The van der Waals surface area contributed by atoms with E-state index in [0.717, 1.165) is 6.29 Å². The smallest absolute Gasteiger partial charge is 0.183 e. The van der Waals surface area contributed by atoms with Gasteiger partial charge in [0.15, 0.2) is 11.4 Å². The molecule has 12 heavy (non-hydrogen) atoms. The second kappa shape index (κ2) is 3.96. The van der Waals surface area contributed by atoms with Crippen molar-refractivity contribution in [3.63, 3.8) is 0 Å². The average molecular weight is 184 g/mol. The van der Waals surface area contributed by atoms with Crippen LogP contribution in [0, 0.1) is 0 Å². The fraction of sp³-hybridized carbons (Fsp3) is 0.286. The molecule has 4 nitrogen and oxygen atoms in total. The van der Waals surface area contributed by atoms with Gasteiger partial charge in [0, 0.05) is 0 Å². The first kappa shape index (κ1) is 8.86. The molecule has 0 aromatic carbocycles. The van der Waals surface area contributed by atoms with Gasteiger partial charge in [0.1, 0.15) is 5.78 Å². The Labute approximate surface area is 73.6 Å². The Morgan fingerprint density at radius 2 is 2.58 bits per heavy atom. The maximum Gasteiger partial charge on any atom is 0.183 e. The van der Waals surface area contributed by atoms with Gasteiger partial charge in [0.2, 0.25) is 0 Å². The third kappa shape index (κ3) is 2.43. The van der Waals surface area contributed by atoms with Crippen molar-refractivity contribution in [2.24, 2.45) is 0 Å². The van der Waals surface area contributed by atoms with E-state index in [2.05, 4.69) is 10.3 Å². The summed E-state index contributed by atoms with van der Waals surface area (Å²) in [6.07, 6.45) is 2.21. The molecule has 5 heteroatoms. The van der Waals surface area contributed by atoms with E-state index in [1.54, 1.807) is 0 Å². The molecule has 1 heterocycles. The molecule has 0 unspecified atom stereocenters. The van der Waals surface area contributed by atoms with Crippen LogP contribution in [0.15, 0.2) is 6.20 Å². The first-order valence-corrected chi connectivity index (χ1v) is 4.18. The normalized spacial score (nSPS) is 9.42. The maximum absolute atomic E-state index is 10.5. The first-order valence-electron chi connectivity index (χ1n) is 3.36. The van der Waals surface area contributed by atoms with Gasteiger partial charge in [-0.1, -0.05) is 11.3 Å². The minimum absolute atomic E-state index is 0.0397. The van der Waals surface area contributed by atoms with Gasteiger partial charge in [0.25, 0.3) is 0 Å². The van der Waals surface area contributed by atoms with E-state index >= 15 is 0 Å². The second-order valence-corrected chi connectivity index (χ2v) is 3.30. The van der Waals surface area contributed by atoms with Gasteiger partial charge in [-0.05, 0) is 6.92 Å². The number of nitrogens with zero attached hydrogens (tertiary/aromatic N) is 1. The molecule has 0 saturated carbocycles. The molecule has 0 spiro atoms. The summed E-state index contributed by atoms with van der Waals surface area (Å²) < 4.78 is 0. The van der Waals surface area contributed by atoms with E-state index < -0.39 is 0 Å². The zero-order valence-corrected chi connectivity index (χ0v) is 7.35. The number of ketones is 1. The monoisotopic (exact) mass is 184 g/mol. The number of anilines is 1. The summed E-state index contributed by atoms with van der Waals surface area (Å²) in [4.78, 5) is 25.2. The lowest BCUT2D eigenvalue weighted by molar-refractivity contribution is -0.115. The van der Waals surface area contributed by atoms with E-state index in [4.69, 9.17) is 0 Å². The summed E-state index contributed by atoms with van der Waals surface area (Å²) in [6, 6.07) is 0. The number of carbonyl (C=O) groups excluding carboxylic acids is 2. The Balaban J connectivity index is 2.52. The fourth-order valence-corrected chi connectivity index (χ4v) is 1.25. The Kier molecular flexibility index (Phi) is 2.93. The van der Waals surface area contributed by atoms with E-state index in [1.165, 1.54) is 24.5 Å². The molecule has 0 atom stereocenters. The molecule has 0 bridgehead atoms. The fourth-order valence-electron chi connectivity index (χ4n) is 0.623. The summed E-state index contributed by atoms with van der Waals surface area (Å²) in [6.45, 7) is 1.74. The van der Waals surface area contributed by atoms with E-state index in [-0.39, 0.29) is 12.3 Å². The Morgan fingerprint density at radius 3 is 3.08 bits per heavy atom. The summed E-state index contributed by atoms with van der Waals surface area (Å²) in [5.41, 5.74) is 0. The summed E-state index contributed by atoms with van der Waals surface area (Å²) in [5, 5.41) is 3.40. The first-order chi connectivity index (χ1) is 5.72. The van der Waals surface area contributed by atoms with Crippen LogP contribution in [0.1, 0.15) is 16.6 Å². The predicted molar refractivity (Wildman–Crippen MR) is 46.7 cm³/mol. The highest BCUT2D eigenvalue weighted by atomic mass is 32.1. The van der Waals surface area contributed by atoms with Crippen LogP contribution in [0.4, 0.5) is 5.13 Å². The molecule has 1 aromatic heterocycles. The highest BCUT2D eigenvalue weighted by molar-refractivity contribution is 7.17. The lowest BCUT2D eigenvalue weighted by atomic mass is 10.5. The predicted octanol–water partition coefficient (Wildman–Crippen LogP) is 0.956. The molecule has 1 N–H and O–H groups in total. The molecule has 0 aliphatic carbocycles. The molecule has 64 valence electrons. The molecule has 0 amide bonds. The topological polar surface area (TPSA) is 59.1 Å². The van der Waals surface area contributed by atoms with Gasteiger partial charge in [0.05, 0.1) is 17.6 Å². The molecule has 1 aromatic rings. The van der Waals surface area contributed by atoms with Crippen molar-refractivity contribution in [3.8, 4) is 0 Å².